The average molecular weight is 399 g/mol. The van der Waals surface area contributed by atoms with Gasteiger partial charge in [-0.2, -0.15) is 0 Å². The second-order valence-corrected chi connectivity index (χ2v) is 8.38. The number of aliphatic hydroxyl groups excluding tert-OH is 1. The molecule has 7 nitrogen and oxygen atoms in total. The summed E-state index contributed by atoms with van der Waals surface area (Å²) in [6.07, 6.45) is 11.0. The molecular weight excluding hydrogens is 368 g/mol. The quantitative estimate of drug-likeness (QED) is 0.726. The highest BCUT2D eigenvalue weighted by Crippen LogP contribution is 2.28. The van der Waals surface area contributed by atoms with Crippen molar-refractivity contribution in [2.24, 2.45) is 5.92 Å². The van der Waals surface area contributed by atoms with Gasteiger partial charge in [0.15, 0.2) is 0 Å². The Morgan fingerprint density at radius 1 is 1.21 bits per heavy atom. The molecule has 156 valence electrons. The minimum absolute atomic E-state index is 0.0408. The summed E-state index contributed by atoms with van der Waals surface area (Å²) >= 11 is 0. The number of β-amino-alcohol motifs (C(OH)–C–C–N with tert-alkyl or cyclic N) is 1. The predicted octanol–water partition coefficient (Wildman–Crippen LogP) is 1.09. The van der Waals surface area contributed by atoms with Crippen LogP contribution in [0.1, 0.15) is 37.7 Å². The van der Waals surface area contributed by atoms with Crippen LogP contribution in [-0.4, -0.2) is 69.5 Å². The Labute approximate surface area is 171 Å². The van der Waals surface area contributed by atoms with Crippen LogP contribution in [0.3, 0.4) is 0 Å². The second-order valence-electron chi connectivity index (χ2n) is 8.38. The molecule has 2 fully saturated rings. The van der Waals surface area contributed by atoms with E-state index in [-0.39, 0.29) is 29.8 Å². The van der Waals surface area contributed by atoms with Crippen LogP contribution in [-0.2, 0) is 16.1 Å². The minimum atomic E-state index is -0.478. The first kappa shape index (κ1) is 20.0. The smallest absolute Gasteiger partial charge is 0.237 e. The Hall–Kier alpha value is -2.25. The SMILES string of the molecule is O=C(NCc1cccnc1)[C@@H]1C[C@@H](O)CN1C1CCN(C(=O)C2CC=CC2)CC1. The van der Waals surface area contributed by atoms with Crippen molar-refractivity contribution in [2.75, 3.05) is 19.6 Å². The number of likely N-dealkylation sites (tertiary alicyclic amines) is 2. The van der Waals surface area contributed by atoms with E-state index in [2.05, 4.69) is 27.4 Å². The molecule has 2 atom stereocenters. The molecule has 29 heavy (non-hydrogen) atoms. The topological polar surface area (TPSA) is 85.8 Å². The van der Waals surface area contributed by atoms with Crippen molar-refractivity contribution in [3.63, 3.8) is 0 Å². The molecule has 1 aliphatic carbocycles. The summed E-state index contributed by atoms with van der Waals surface area (Å²) in [4.78, 5) is 33.7. The van der Waals surface area contributed by atoms with Crippen LogP contribution in [0.5, 0.6) is 0 Å². The number of pyridine rings is 1. The molecule has 1 aromatic rings. The van der Waals surface area contributed by atoms with Crippen molar-refractivity contribution in [3.05, 3.63) is 42.2 Å². The van der Waals surface area contributed by atoms with Crippen LogP contribution in [0.2, 0.25) is 0 Å². The van der Waals surface area contributed by atoms with Gasteiger partial charge in [-0.1, -0.05) is 18.2 Å². The van der Waals surface area contributed by atoms with Gasteiger partial charge >= 0.3 is 0 Å². The number of piperidine rings is 1. The first-order chi connectivity index (χ1) is 14.1. The maximum absolute atomic E-state index is 12.8. The lowest BCUT2D eigenvalue weighted by Crippen LogP contribution is -2.52. The van der Waals surface area contributed by atoms with E-state index in [0.29, 0.717) is 19.5 Å². The number of hydrogen-bond acceptors (Lipinski definition) is 5. The number of amides is 2. The van der Waals surface area contributed by atoms with E-state index in [1.807, 2.05) is 17.0 Å². The molecule has 0 aromatic carbocycles. The molecule has 1 aromatic heterocycles. The molecule has 0 saturated carbocycles. The summed E-state index contributed by atoms with van der Waals surface area (Å²) in [6, 6.07) is 3.70. The van der Waals surface area contributed by atoms with Gasteiger partial charge in [0.1, 0.15) is 0 Å². The molecule has 2 N–H and O–H groups in total. The Balaban J connectivity index is 1.31. The third kappa shape index (κ3) is 4.67. The number of aliphatic hydroxyl groups is 1. The number of nitrogens with zero attached hydrogens (tertiary/aromatic N) is 3. The minimum Gasteiger partial charge on any atom is -0.392 e. The third-order valence-corrected chi connectivity index (χ3v) is 6.41. The Morgan fingerprint density at radius 3 is 2.66 bits per heavy atom. The number of nitrogens with one attached hydrogen (secondary N) is 1. The van der Waals surface area contributed by atoms with E-state index >= 15 is 0 Å². The number of rotatable bonds is 5. The molecule has 3 heterocycles. The third-order valence-electron chi connectivity index (χ3n) is 6.41. The van der Waals surface area contributed by atoms with Crippen molar-refractivity contribution in [3.8, 4) is 0 Å². The number of carbonyl (C=O) groups excluding carboxylic acids is 2. The van der Waals surface area contributed by atoms with Gasteiger partial charge in [0, 0.05) is 50.5 Å². The number of hydrogen-bond donors (Lipinski definition) is 2. The lowest BCUT2D eigenvalue weighted by molar-refractivity contribution is -0.137. The van der Waals surface area contributed by atoms with Crippen LogP contribution >= 0.6 is 0 Å². The zero-order valence-corrected chi connectivity index (χ0v) is 16.7. The molecule has 0 radical (unpaired) electrons. The maximum Gasteiger partial charge on any atom is 0.237 e. The molecule has 2 aliphatic heterocycles. The Morgan fingerprint density at radius 2 is 1.97 bits per heavy atom. The summed E-state index contributed by atoms with van der Waals surface area (Å²) in [5.74, 6) is 0.341. The van der Waals surface area contributed by atoms with Gasteiger partial charge in [-0.3, -0.25) is 19.5 Å². The lowest BCUT2D eigenvalue weighted by atomic mass is 9.99. The predicted molar refractivity (Wildman–Crippen MR) is 109 cm³/mol. The van der Waals surface area contributed by atoms with E-state index in [1.165, 1.54) is 0 Å². The molecule has 7 heteroatoms. The summed E-state index contributed by atoms with van der Waals surface area (Å²) in [5, 5.41) is 13.2. The van der Waals surface area contributed by atoms with Gasteiger partial charge in [-0.25, -0.2) is 0 Å². The van der Waals surface area contributed by atoms with Gasteiger partial charge < -0.3 is 15.3 Å². The zero-order chi connectivity index (χ0) is 20.2. The highest BCUT2D eigenvalue weighted by atomic mass is 16.3. The van der Waals surface area contributed by atoms with E-state index in [1.54, 1.807) is 12.4 Å². The second kappa shape index (κ2) is 9.05. The molecule has 3 aliphatic rings. The number of allylic oxidation sites excluding steroid dienone is 2. The molecular formula is C22H30N4O3. The molecule has 0 bridgehead atoms. The number of aromatic nitrogens is 1. The number of carbonyl (C=O) groups is 2. The van der Waals surface area contributed by atoms with Crippen molar-refractivity contribution < 1.29 is 14.7 Å². The van der Waals surface area contributed by atoms with Crippen LogP contribution < -0.4 is 5.32 Å². The summed E-state index contributed by atoms with van der Waals surface area (Å²) in [7, 11) is 0. The first-order valence-corrected chi connectivity index (χ1v) is 10.7. The first-order valence-electron chi connectivity index (χ1n) is 10.7. The fourth-order valence-corrected chi connectivity index (χ4v) is 4.80. The normalized spacial score (nSPS) is 26.2. The molecule has 0 spiro atoms. The van der Waals surface area contributed by atoms with Crippen molar-refractivity contribution in [1.82, 2.24) is 20.1 Å². The van der Waals surface area contributed by atoms with E-state index in [0.717, 1.165) is 44.3 Å². The van der Waals surface area contributed by atoms with Crippen LogP contribution in [0, 0.1) is 5.92 Å². The molecule has 4 rings (SSSR count). The fourth-order valence-electron chi connectivity index (χ4n) is 4.80. The Bertz CT molecular complexity index is 738. The Kier molecular flexibility index (Phi) is 6.25. The summed E-state index contributed by atoms with van der Waals surface area (Å²) in [5.41, 5.74) is 0.958. The van der Waals surface area contributed by atoms with Crippen LogP contribution in [0.4, 0.5) is 0 Å². The van der Waals surface area contributed by atoms with Gasteiger partial charge in [-0.05, 0) is 43.7 Å². The average Bonchev–Trinajstić information content (AvgIpc) is 3.42. The van der Waals surface area contributed by atoms with E-state index in [9.17, 15) is 14.7 Å². The molecule has 0 unspecified atom stereocenters. The summed E-state index contributed by atoms with van der Waals surface area (Å²) < 4.78 is 0. The molecule has 2 amide bonds. The van der Waals surface area contributed by atoms with Gasteiger partial charge in [-0.15, -0.1) is 0 Å². The lowest BCUT2D eigenvalue weighted by Gasteiger charge is -2.39. The van der Waals surface area contributed by atoms with Crippen LogP contribution in [0.15, 0.2) is 36.7 Å². The standard InChI is InChI=1S/C22H30N4O3/c27-19-12-20(21(28)24-14-16-4-3-9-23-13-16)26(15-19)18-7-10-25(11-8-18)22(29)17-5-1-2-6-17/h1-4,9,13,17-20,27H,5-8,10-12,14-15H2,(H,24,28)/t19-,20+/m1/s1. The monoisotopic (exact) mass is 398 g/mol. The van der Waals surface area contributed by atoms with E-state index in [4.69, 9.17) is 0 Å². The zero-order valence-electron chi connectivity index (χ0n) is 16.7. The van der Waals surface area contributed by atoms with Crippen molar-refractivity contribution >= 4 is 11.8 Å². The summed E-state index contributed by atoms with van der Waals surface area (Å²) in [6.45, 7) is 2.43. The fraction of sp³-hybridized carbons (Fsp3) is 0.591. The molecule has 2 saturated heterocycles. The highest BCUT2D eigenvalue weighted by molar-refractivity contribution is 5.82. The maximum atomic E-state index is 12.8. The van der Waals surface area contributed by atoms with Crippen molar-refractivity contribution in [2.45, 2.75) is 56.8 Å². The largest absolute Gasteiger partial charge is 0.392 e. The van der Waals surface area contributed by atoms with Crippen molar-refractivity contribution in [1.29, 1.82) is 0 Å². The van der Waals surface area contributed by atoms with Gasteiger partial charge in [0.25, 0.3) is 0 Å². The van der Waals surface area contributed by atoms with Gasteiger partial charge in [0.2, 0.25) is 11.8 Å². The van der Waals surface area contributed by atoms with Gasteiger partial charge in [0.05, 0.1) is 12.1 Å². The van der Waals surface area contributed by atoms with Crippen LogP contribution in [0.25, 0.3) is 0 Å². The van der Waals surface area contributed by atoms with E-state index < -0.39 is 6.10 Å². The highest BCUT2D eigenvalue weighted by Gasteiger charge is 2.41.